The summed E-state index contributed by atoms with van der Waals surface area (Å²) < 4.78 is 5.94. The molecule has 2 unspecified atom stereocenters. The molecule has 1 aliphatic heterocycles. The summed E-state index contributed by atoms with van der Waals surface area (Å²) >= 11 is 0. The van der Waals surface area contributed by atoms with E-state index in [9.17, 15) is 4.79 Å². The number of benzene rings is 1. The fraction of sp³-hybridized carbons (Fsp3) is 0.588. The van der Waals surface area contributed by atoms with Gasteiger partial charge in [-0.2, -0.15) is 0 Å². The van der Waals surface area contributed by atoms with Gasteiger partial charge in [-0.15, -0.1) is 0 Å². The number of aryl methyl sites for hydroxylation is 1. The van der Waals surface area contributed by atoms with Crippen molar-refractivity contribution in [2.24, 2.45) is 0 Å². The number of carbonyl (C=O) groups excluding carboxylic acids is 1. The zero-order valence-electron chi connectivity index (χ0n) is 13.2. The molecule has 116 valence electrons. The van der Waals surface area contributed by atoms with E-state index in [0.717, 1.165) is 43.7 Å². The van der Waals surface area contributed by atoms with E-state index in [1.807, 2.05) is 13.0 Å². The summed E-state index contributed by atoms with van der Waals surface area (Å²) in [5.41, 5.74) is 2.32. The van der Waals surface area contributed by atoms with E-state index in [1.54, 1.807) is 0 Å². The van der Waals surface area contributed by atoms with E-state index in [0.29, 0.717) is 6.04 Å². The highest BCUT2D eigenvalue weighted by Gasteiger charge is 2.23. The van der Waals surface area contributed by atoms with Gasteiger partial charge >= 0.3 is 0 Å². The Labute approximate surface area is 127 Å². The molecule has 1 aliphatic rings. The first-order valence-corrected chi connectivity index (χ1v) is 7.90. The molecule has 1 amide bonds. The van der Waals surface area contributed by atoms with Gasteiger partial charge in [0.15, 0.2) is 6.10 Å². The number of rotatable bonds is 5. The van der Waals surface area contributed by atoms with E-state index in [1.165, 1.54) is 5.56 Å². The van der Waals surface area contributed by atoms with E-state index in [-0.39, 0.29) is 12.0 Å². The second-order valence-electron chi connectivity index (χ2n) is 5.70. The molecule has 0 aliphatic carbocycles. The van der Waals surface area contributed by atoms with Crippen molar-refractivity contribution in [3.05, 3.63) is 29.3 Å². The van der Waals surface area contributed by atoms with Crippen molar-refractivity contribution < 1.29 is 9.53 Å². The summed E-state index contributed by atoms with van der Waals surface area (Å²) in [7, 11) is 0. The van der Waals surface area contributed by atoms with Gasteiger partial charge < -0.3 is 15.4 Å². The Morgan fingerprint density at radius 3 is 2.95 bits per heavy atom. The van der Waals surface area contributed by atoms with Crippen LogP contribution in [0.3, 0.4) is 0 Å². The molecule has 2 atom stereocenters. The molecule has 0 radical (unpaired) electrons. The standard InChI is InChI=1S/C17H26N2O2/c1-4-18-13(3)14-8-9-15(12(2)11-14)21-16-7-5-6-10-19-17(16)20/h8-9,11,13,16,18H,4-7,10H2,1-3H3,(H,19,20). The zero-order chi connectivity index (χ0) is 15.2. The van der Waals surface area contributed by atoms with Crippen LogP contribution in [0.4, 0.5) is 0 Å². The summed E-state index contributed by atoms with van der Waals surface area (Å²) in [6.45, 7) is 7.99. The van der Waals surface area contributed by atoms with E-state index in [4.69, 9.17) is 4.74 Å². The predicted molar refractivity (Wildman–Crippen MR) is 84.5 cm³/mol. The lowest BCUT2D eigenvalue weighted by molar-refractivity contribution is -0.127. The van der Waals surface area contributed by atoms with Crippen LogP contribution in [0.1, 0.15) is 50.3 Å². The van der Waals surface area contributed by atoms with Crippen LogP contribution < -0.4 is 15.4 Å². The number of hydrogen-bond donors (Lipinski definition) is 2. The molecular weight excluding hydrogens is 264 g/mol. The van der Waals surface area contributed by atoms with Crippen LogP contribution in [-0.2, 0) is 4.79 Å². The van der Waals surface area contributed by atoms with Crippen molar-refractivity contribution in [3.63, 3.8) is 0 Å². The molecule has 1 saturated heterocycles. The quantitative estimate of drug-likeness (QED) is 0.876. The average Bonchev–Trinajstić information content (AvgIpc) is 2.66. The lowest BCUT2D eigenvalue weighted by Gasteiger charge is -2.19. The first-order chi connectivity index (χ1) is 10.1. The minimum Gasteiger partial charge on any atom is -0.480 e. The second-order valence-corrected chi connectivity index (χ2v) is 5.70. The van der Waals surface area contributed by atoms with Crippen LogP contribution in [-0.4, -0.2) is 25.1 Å². The van der Waals surface area contributed by atoms with Gasteiger partial charge in [-0.25, -0.2) is 0 Å². The maximum atomic E-state index is 11.9. The van der Waals surface area contributed by atoms with Gasteiger partial charge in [-0.3, -0.25) is 4.79 Å². The minimum atomic E-state index is -0.358. The molecule has 1 heterocycles. The van der Waals surface area contributed by atoms with Gasteiger partial charge in [0.25, 0.3) is 5.91 Å². The van der Waals surface area contributed by atoms with Gasteiger partial charge in [0, 0.05) is 12.6 Å². The molecule has 4 nitrogen and oxygen atoms in total. The van der Waals surface area contributed by atoms with Gasteiger partial charge in [-0.05, 0) is 56.8 Å². The summed E-state index contributed by atoms with van der Waals surface area (Å²) in [4.78, 5) is 11.9. The van der Waals surface area contributed by atoms with Crippen LogP contribution >= 0.6 is 0 Å². The predicted octanol–water partition coefficient (Wildman–Crippen LogP) is 2.71. The Balaban J connectivity index is 2.08. The fourth-order valence-electron chi connectivity index (χ4n) is 2.68. The fourth-order valence-corrected chi connectivity index (χ4v) is 2.68. The van der Waals surface area contributed by atoms with Crippen LogP contribution in [0.25, 0.3) is 0 Å². The SMILES string of the molecule is CCNC(C)c1ccc(OC2CCCCNC2=O)c(C)c1. The Bertz CT molecular complexity index is 488. The number of nitrogens with one attached hydrogen (secondary N) is 2. The van der Waals surface area contributed by atoms with Crippen molar-refractivity contribution in [1.29, 1.82) is 0 Å². The number of ether oxygens (including phenoxy) is 1. The maximum Gasteiger partial charge on any atom is 0.261 e. The number of hydrogen-bond acceptors (Lipinski definition) is 3. The molecule has 21 heavy (non-hydrogen) atoms. The van der Waals surface area contributed by atoms with E-state index < -0.39 is 0 Å². The molecule has 0 spiro atoms. The Morgan fingerprint density at radius 1 is 1.43 bits per heavy atom. The lowest BCUT2D eigenvalue weighted by Crippen LogP contribution is -2.36. The van der Waals surface area contributed by atoms with Crippen molar-refractivity contribution in [2.75, 3.05) is 13.1 Å². The zero-order valence-corrected chi connectivity index (χ0v) is 13.2. The molecule has 1 aromatic rings. The summed E-state index contributed by atoms with van der Waals surface area (Å²) in [5, 5.41) is 6.31. The highest BCUT2D eigenvalue weighted by atomic mass is 16.5. The number of carbonyl (C=O) groups is 1. The number of amides is 1. The molecule has 2 rings (SSSR count). The van der Waals surface area contributed by atoms with Crippen molar-refractivity contribution >= 4 is 5.91 Å². The van der Waals surface area contributed by atoms with Crippen LogP contribution in [0, 0.1) is 6.92 Å². The second kappa shape index (κ2) is 7.46. The normalized spacial score (nSPS) is 20.5. The molecule has 0 saturated carbocycles. The minimum absolute atomic E-state index is 0.0111. The summed E-state index contributed by atoms with van der Waals surface area (Å²) in [6.07, 6.45) is 2.49. The van der Waals surface area contributed by atoms with E-state index >= 15 is 0 Å². The van der Waals surface area contributed by atoms with Crippen molar-refractivity contribution in [2.45, 2.75) is 52.2 Å². The van der Waals surface area contributed by atoms with Gasteiger partial charge in [0.1, 0.15) is 5.75 Å². The van der Waals surface area contributed by atoms with Gasteiger partial charge in [0.2, 0.25) is 0 Å². The highest BCUT2D eigenvalue weighted by Crippen LogP contribution is 2.25. The highest BCUT2D eigenvalue weighted by molar-refractivity contribution is 5.81. The molecule has 0 aromatic heterocycles. The van der Waals surface area contributed by atoms with Crippen LogP contribution in [0.2, 0.25) is 0 Å². The summed E-state index contributed by atoms with van der Waals surface area (Å²) in [6, 6.07) is 6.52. The molecular formula is C17H26N2O2. The molecule has 0 bridgehead atoms. The monoisotopic (exact) mass is 290 g/mol. The third kappa shape index (κ3) is 4.21. The van der Waals surface area contributed by atoms with Crippen molar-refractivity contribution in [1.82, 2.24) is 10.6 Å². The molecule has 1 fully saturated rings. The smallest absolute Gasteiger partial charge is 0.261 e. The molecule has 1 aromatic carbocycles. The first kappa shape index (κ1) is 15.8. The maximum absolute atomic E-state index is 11.9. The topological polar surface area (TPSA) is 50.4 Å². The van der Waals surface area contributed by atoms with Crippen molar-refractivity contribution in [3.8, 4) is 5.75 Å². The third-order valence-electron chi connectivity index (χ3n) is 3.96. The lowest BCUT2D eigenvalue weighted by atomic mass is 10.0. The largest absolute Gasteiger partial charge is 0.480 e. The Hall–Kier alpha value is -1.55. The molecule has 4 heteroatoms. The summed E-state index contributed by atoms with van der Waals surface area (Å²) in [5.74, 6) is 0.821. The third-order valence-corrected chi connectivity index (χ3v) is 3.96. The van der Waals surface area contributed by atoms with E-state index in [2.05, 4.69) is 36.6 Å². The molecule has 2 N–H and O–H groups in total. The first-order valence-electron chi connectivity index (χ1n) is 7.90. The van der Waals surface area contributed by atoms with Crippen LogP contribution in [0.15, 0.2) is 18.2 Å². The Kier molecular flexibility index (Phi) is 5.62. The van der Waals surface area contributed by atoms with Gasteiger partial charge in [0.05, 0.1) is 0 Å². The van der Waals surface area contributed by atoms with Gasteiger partial charge in [-0.1, -0.05) is 19.1 Å². The Morgan fingerprint density at radius 2 is 2.24 bits per heavy atom. The average molecular weight is 290 g/mol. The van der Waals surface area contributed by atoms with Crippen LogP contribution in [0.5, 0.6) is 5.75 Å².